The Kier molecular flexibility index (Phi) is 3.01. The normalized spacial score (nSPS) is 18.5. The molecule has 5 heterocycles. The molecule has 0 radical (unpaired) electrons. The van der Waals surface area contributed by atoms with E-state index in [1.165, 1.54) is 0 Å². The van der Waals surface area contributed by atoms with Crippen molar-refractivity contribution in [1.82, 2.24) is 24.6 Å². The Bertz CT molecular complexity index is 1000. The van der Waals surface area contributed by atoms with E-state index < -0.39 is 0 Å². The molecule has 4 aromatic rings. The Morgan fingerprint density at radius 2 is 2.08 bits per heavy atom. The highest BCUT2D eigenvalue weighted by Gasteiger charge is 2.26. The molecule has 0 unspecified atom stereocenters. The lowest BCUT2D eigenvalue weighted by Crippen LogP contribution is -2.35. The van der Waals surface area contributed by atoms with Crippen LogP contribution in [0, 0.1) is 0 Å². The maximum Gasteiger partial charge on any atom is 0.160 e. The molecule has 5 rings (SSSR count). The van der Waals surface area contributed by atoms with Gasteiger partial charge in [0, 0.05) is 36.8 Å². The van der Waals surface area contributed by atoms with Crippen molar-refractivity contribution >= 4 is 22.5 Å². The predicted octanol–water partition coefficient (Wildman–Crippen LogP) is 2.99. The summed E-state index contributed by atoms with van der Waals surface area (Å²) in [7, 11) is 0. The van der Waals surface area contributed by atoms with Gasteiger partial charge in [-0.25, -0.2) is 4.98 Å². The van der Waals surface area contributed by atoms with Gasteiger partial charge in [-0.2, -0.15) is 0 Å². The highest BCUT2D eigenvalue weighted by atomic mass is 15.3. The minimum atomic E-state index is 0.372. The van der Waals surface area contributed by atoms with Crippen LogP contribution in [-0.4, -0.2) is 37.7 Å². The molecule has 0 amide bonds. The van der Waals surface area contributed by atoms with Gasteiger partial charge in [0.05, 0.1) is 0 Å². The molecule has 1 atom stereocenters. The predicted molar refractivity (Wildman–Crippen MR) is 93.3 cm³/mol. The average molecular weight is 318 g/mol. The smallest absolute Gasteiger partial charge is 0.160 e. The van der Waals surface area contributed by atoms with Gasteiger partial charge >= 0.3 is 0 Å². The van der Waals surface area contributed by atoms with Crippen LogP contribution in [0.3, 0.4) is 0 Å². The Labute approximate surface area is 139 Å². The van der Waals surface area contributed by atoms with Crippen molar-refractivity contribution in [3.05, 3.63) is 54.6 Å². The minimum Gasteiger partial charge on any atom is -0.356 e. The average Bonchev–Trinajstić information content (AvgIpc) is 3.28. The molecule has 0 saturated carbocycles. The van der Waals surface area contributed by atoms with Gasteiger partial charge in [0.15, 0.2) is 5.65 Å². The van der Waals surface area contributed by atoms with E-state index in [4.69, 9.17) is 4.98 Å². The van der Waals surface area contributed by atoms with Gasteiger partial charge in [-0.1, -0.05) is 6.07 Å². The van der Waals surface area contributed by atoms with Crippen LogP contribution in [0.5, 0.6) is 0 Å². The van der Waals surface area contributed by atoms with Gasteiger partial charge in [0.2, 0.25) is 0 Å². The number of piperidine rings is 1. The second-order valence-electron chi connectivity index (χ2n) is 6.36. The van der Waals surface area contributed by atoms with Gasteiger partial charge in [0.25, 0.3) is 0 Å². The van der Waals surface area contributed by atoms with Crippen LogP contribution in [0.15, 0.2) is 48.8 Å². The van der Waals surface area contributed by atoms with E-state index in [0.717, 1.165) is 54.3 Å². The number of H-pyrrole nitrogens is 1. The first-order valence-electron chi connectivity index (χ1n) is 8.37. The second-order valence-corrected chi connectivity index (χ2v) is 6.36. The molecule has 1 N–H and O–H groups in total. The van der Waals surface area contributed by atoms with Gasteiger partial charge in [-0.3, -0.25) is 4.40 Å². The number of aromatic nitrogens is 5. The van der Waals surface area contributed by atoms with Crippen molar-refractivity contribution in [2.45, 2.75) is 18.8 Å². The molecule has 0 aliphatic carbocycles. The molecule has 1 fully saturated rings. The van der Waals surface area contributed by atoms with Gasteiger partial charge in [0.1, 0.15) is 17.3 Å². The molecular weight excluding hydrogens is 300 g/mol. The van der Waals surface area contributed by atoms with Gasteiger partial charge in [-0.05, 0) is 43.2 Å². The summed E-state index contributed by atoms with van der Waals surface area (Å²) in [5, 5.41) is 9.90. The van der Waals surface area contributed by atoms with Crippen LogP contribution in [0.2, 0.25) is 0 Å². The number of rotatable bonds is 2. The largest absolute Gasteiger partial charge is 0.356 e. The quantitative estimate of drug-likeness (QED) is 0.617. The maximum atomic E-state index is 4.76. The molecule has 6 heteroatoms. The highest BCUT2D eigenvalue weighted by Crippen LogP contribution is 2.29. The van der Waals surface area contributed by atoms with E-state index in [0.29, 0.717) is 5.92 Å². The highest BCUT2D eigenvalue weighted by molar-refractivity contribution is 5.77. The summed E-state index contributed by atoms with van der Waals surface area (Å²) >= 11 is 0. The topological polar surface area (TPSA) is 62.1 Å². The SMILES string of the molecule is c1ccn2c([C@@H]3CCCN(c4ccc5cc[nH]c5n4)C3)nnc2c1. The molecule has 4 aromatic heterocycles. The summed E-state index contributed by atoms with van der Waals surface area (Å²) < 4.78 is 2.11. The first-order chi connectivity index (χ1) is 11.9. The maximum absolute atomic E-state index is 4.76. The van der Waals surface area contributed by atoms with E-state index in [2.05, 4.69) is 36.6 Å². The fourth-order valence-corrected chi connectivity index (χ4v) is 3.63. The van der Waals surface area contributed by atoms with Crippen LogP contribution >= 0.6 is 0 Å². The second kappa shape index (κ2) is 5.33. The number of nitrogens with zero attached hydrogens (tertiary/aromatic N) is 5. The number of aromatic amines is 1. The fraction of sp³-hybridized carbons (Fsp3) is 0.278. The first-order valence-corrected chi connectivity index (χ1v) is 8.37. The van der Waals surface area contributed by atoms with Crippen LogP contribution in [0.4, 0.5) is 5.82 Å². The lowest BCUT2D eigenvalue weighted by Gasteiger charge is -2.32. The van der Waals surface area contributed by atoms with Crippen LogP contribution in [-0.2, 0) is 0 Å². The number of anilines is 1. The summed E-state index contributed by atoms with van der Waals surface area (Å²) in [6.45, 7) is 1.96. The van der Waals surface area contributed by atoms with Crippen molar-refractivity contribution in [3.8, 4) is 0 Å². The zero-order chi connectivity index (χ0) is 15.9. The van der Waals surface area contributed by atoms with Crippen LogP contribution < -0.4 is 4.90 Å². The molecular formula is C18H18N6. The first kappa shape index (κ1) is 13.5. The third-order valence-corrected chi connectivity index (χ3v) is 4.85. The third kappa shape index (κ3) is 2.14. The molecule has 120 valence electrons. The Morgan fingerprint density at radius 1 is 1.08 bits per heavy atom. The number of pyridine rings is 2. The van der Waals surface area contributed by atoms with Crippen LogP contribution in [0.25, 0.3) is 16.7 Å². The third-order valence-electron chi connectivity index (χ3n) is 4.85. The number of hydrogen-bond acceptors (Lipinski definition) is 4. The summed E-state index contributed by atoms with van der Waals surface area (Å²) in [6, 6.07) is 12.3. The van der Waals surface area contributed by atoms with E-state index in [9.17, 15) is 0 Å². The molecule has 6 nitrogen and oxygen atoms in total. The number of fused-ring (bicyclic) bond motifs is 2. The van der Waals surface area contributed by atoms with E-state index >= 15 is 0 Å². The molecule has 1 saturated heterocycles. The summed E-state index contributed by atoms with van der Waals surface area (Å²) in [6.07, 6.45) is 6.25. The number of hydrogen-bond donors (Lipinski definition) is 1. The van der Waals surface area contributed by atoms with Crippen molar-refractivity contribution in [2.75, 3.05) is 18.0 Å². The van der Waals surface area contributed by atoms with Crippen molar-refractivity contribution in [3.63, 3.8) is 0 Å². The van der Waals surface area contributed by atoms with Gasteiger partial charge in [-0.15, -0.1) is 10.2 Å². The van der Waals surface area contributed by atoms with E-state index in [1.807, 2.05) is 36.7 Å². The standard InChI is InChI=1S/C18H18N6/c1-2-11-24-16(5-1)21-22-18(24)14-4-3-10-23(12-14)15-7-6-13-8-9-19-17(13)20-15/h1-2,5-9,11,14H,3-4,10,12H2,(H,19,20)/t14-/m1/s1. The molecule has 1 aliphatic heterocycles. The molecule has 24 heavy (non-hydrogen) atoms. The lowest BCUT2D eigenvalue weighted by molar-refractivity contribution is 0.486. The molecule has 0 spiro atoms. The molecule has 1 aliphatic rings. The molecule has 0 aromatic carbocycles. The lowest BCUT2D eigenvalue weighted by atomic mass is 9.97. The number of nitrogens with one attached hydrogen (secondary N) is 1. The summed E-state index contributed by atoms with van der Waals surface area (Å²) in [4.78, 5) is 10.3. The molecule has 0 bridgehead atoms. The fourth-order valence-electron chi connectivity index (χ4n) is 3.63. The van der Waals surface area contributed by atoms with Crippen molar-refractivity contribution in [2.24, 2.45) is 0 Å². The van der Waals surface area contributed by atoms with Crippen LogP contribution in [0.1, 0.15) is 24.6 Å². The van der Waals surface area contributed by atoms with E-state index in [-0.39, 0.29) is 0 Å². The van der Waals surface area contributed by atoms with Crippen molar-refractivity contribution in [1.29, 1.82) is 0 Å². The zero-order valence-corrected chi connectivity index (χ0v) is 13.3. The summed E-state index contributed by atoms with van der Waals surface area (Å²) in [5.74, 6) is 2.46. The Balaban J connectivity index is 1.47. The van der Waals surface area contributed by atoms with Crippen molar-refractivity contribution < 1.29 is 0 Å². The van der Waals surface area contributed by atoms with E-state index in [1.54, 1.807) is 0 Å². The Hall–Kier alpha value is -2.89. The van der Waals surface area contributed by atoms with Gasteiger partial charge < -0.3 is 9.88 Å². The Morgan fingerprint density at radius 3 is 3.08 bits per heavy atom. The summed E-state index contributed by atoms with van der Waals surface area (Å²) in [5.41, 5.74) is 1.86. The zero-order valence-electron chi connectivity index (χ0n) is 13.3. The monoisotopic (exact) mass is 318 g/mol. The minimum absolute atomic E-state index is 0.372.